The molecule has 0 radical (unpaired) electrons. The zero-order valence-corrected chi connectivity index (χ0v) is 16.2. The highest BCUT2D eigenvalue weighted by atomic mass is 16.6. The van der Waals surface area contributed by atoms with Gasteiger partial charge in [0, 0.05) is 22.7 Å². The number of amides is 1. The molecule has 6 heteroatoms. The van der Waals surface area contributed by atoms with E-state index in [1.165, 1.54) is 0 Å². The van der Waals surface area contributed by atoms with E-state index in [-0.39, 0.29) is 17.9 Å². The highest BCUT2D eigenvalue weighted by molar-refractivity contribution is 5.99. The zero-order valence-electron chi connectivity index (χ0n) is 16.2. The summed E-state index contributed by atoms with van der Waals surface area (Å²) in [5.74, 6) is 0.890. The predicted octanol–water partition coefficient (Wildman–Crippen LogP) is 3.76. The van der Waals surface area contributed by atoms with Crippen molar-refractivity contribution < 1.29 is 14.3 Å². The summed E-state index contributed by atoms with van der Waals surface area (Å²) in [4.78, 5) is 15.6. The van der Waals surface area contributed by atoms with Gasteiger partial charge in [0.25, 0.3) is 5.91 Å². The van der Waals surface area contributed by atoms with Crippen LogP contribution in [0.4, 0.5) is 0 Å². The lowest BCUT2D eigenvalue weighted by Gasteiger charge is -2.27. The molecular weight excluding hydrogens is 354 g/mol. The summed E-state index contributed by atoms with van der Waals surface area (Å²) in [5, 5.41) is 5.11. The first-order chi connectivity index (χ1) is 13.4. The van der Waals surface area contributed by atoms with Crippen LogP contribution in [0.15, 0.2) is 53.8 Å². The van der Waals surface area contributed by atoms with Crippen LogP contribution in [0, 0.1) is 0 Å². The van der Waals surface area contributed by atoms with Crippen molar-refractivity contribution in [2.45, 2.75) is 32.3 Å². The van der Waals surface area contributed by atoms with Crippen molar-refractivity contribution in [3.05, 3.63) is 59.8 Å². The molecule has 3 aromatic rings. The molecule has 0 unspecified atom stereocenters. The van der Waals surface area contributed by atoms with Crippen molar-refractivity contribution in [1.82, 2.24) is 10.4 Å². The Morgan fingerprint density at radius 1 is 1.21 bits per heavy atom. The first-order valence-electron chi connectivity index (χ1n) is 9.25. The van der Waals surface area contributed by atoms with Gasteiger partial charge in [-0.25, -0.2) is 5.43 Å². The number of nitrogens with one attached hydrogen (secondary N) is 2. The van der Waals surface area contributed by atoms with Gasteiger partial charge in [0.15, 0.2) is 11.5 Å². The van der Waals surface area contributed by atoms with Gasteiger partial charge in [-0.15, -0.1) is 0 Å². The number of rotatable bonds is 3. The number of benzene rings is 2. The third-order valence-corrected chi connectivity index (χ3v) is 4.76. The van der Waals surface area contributed by atoms with E-state index < -0.39 is 6.10 Å². The molecule has 144 valence electrons. The van der Waals surface area contributed by atoms with E-state index in [4.69, 9.17) is 9.47 Å². The number of aromatic amines is 1. The van der Waals surface area contributed by atoms with Crippen LogP contribution < -0.4 is 14.9 Å². The lowest BCUT2D eigenvalue weighted by atomic mass is 9.87. The average molecular weight is 377 g/mol. The van der Waals surface area contributed by atoms with Crippen LogP contribution in [-0.2, 0) is 10.2 Å². The molecule has 2 heterocycles. The van der Waals surface area contributed by atoms with Crippen LogP contribution in [-0.4, -0.2) is 29.8 Å². The van der Waals surface area contributed by atoms with Crippen LogP contribution in [0.3, 0.4) is 0 Å². The molecule has 0 fully saturated rings. The number of hydrogen-bond donors (Lipinski definition) is 2. The van der Waals surface area contributed by atoms with E-state index in [0.29, 0.717) is 11.5 Å². The molecule has 6 nitrogen and oxygen atoms in total. The minimum absolute atomic E-state index is 0.0166. The molecule has 2 N–H and O–H groups in total. The fraction of sp³-hybridized carbons (Fsp3) is 0.273. The summed E-state index contributed by atoms with van der Waals surface area (Å²) in [6.45, 7) is 6.53. The number of para-hydroxylation sites is 1. The lowest BCUT2D eigenvalue weighted by Crippen LogP contribution is -2.42. The molecule has 1 aliphatic rings. The quantitative estimate of drug-likeness (QED) is 0.539. The topological polar surface area (TPSA) is 75.7 Å². The van der Waals surface area contributed by atoms with Gasteiger partial charge in [-0.05, 0) is 29.2 Å². The van der Waals surface area contributed by atoms with Gasteiger partial charge in [0.1, 0.15) is 6.61 Å². The molecule has 1 amide bonds. The Kier molecular flexibility index (Phi) is 4.55. The number of fused-ring (bicyclic) bond motifs is 2. The van der Waals surface area contributed by atoms with Crippen molar-refractivity contribution in [2.75, 3.05) is 6.61 Å². The largest absolute Gasteiger partial charge is 0.485 e. The Balaban J connectivity index is 1.43. The van der Waals surface area contributed by atoms with Crippen molar-refractivity contribution in [3.63, 3.8) is 0 Å². The zero-order chi connectivity index (χ0) is 19.7. The average Bonchev–Trinajstić information content (AvgIpc) is 3.09. The van der Waals surface area contributed by atoms with Crippen LogP contribution >= 0.6 is 0 Å². The molecule has 1 atom stereocenters. The standard InChI is InChI=1S/C22H23N3O3/c1-22(2,3)15-8-9-18-19(10-15)28-20(13-27-18)21(26)25-24-12-14-11-23-17-7-5-4-6-16(14)17/h4-12,20,23H,13H2,1-3H3,(H,25,26)/b24-12-/t20-/m1/s1. The molecule has 0 aliphatic carbocycles. The summed E-state index contributed by atoms with van der Waals surface area (Å²) in [6, 6.07) is 13.8. The molecule has 0 saturated heterocycles. The normalized spacial score (nSPS) is 16.5. The minimum Gasteiger partial charge on any atom is -0.485 e. The second-order valence-corrected chi connectivity index (χ2v) is 7.85. The summed E-state index contributed by atoms with van der Waals surface area (Å²) in [7, 11) is 0. The smallest absolute Gasteiger partial charge is 0.284 e. The van der Waals surface area contributed by atoms with Gasteiger partial charge < -0.3 is 14.5 Å². The second-order valence-electron chi connectivity index (χ2n) is 7.85. The molecule has 1 aliphatic heterocycles. The van der Waals surface area contributed by atoms with Crippen molar-refractivity contribution in [2.24, 2.45) is 5.10 Å². The third kappa shape index (κ3) is 3.58. The van der Waals surface area contributed by atoms with Crippen molar-refractivity contribution >= 4 is 23.0 Å². The van der Waals surface area contributed by atoms with E-state index in [1.54, 1.807) is 6.21 Å². The van der Waals surface area contributed by atoms with Gasteiger partial charge in [-0.2, -0.15) is 5.10 Å². The molecule has 0 bridgehead atoms. The fourth-order valence-corrected chi connectivity index (χ4v) is 3.11. The first kappa shape index (κ1) is 18.1. The molecule has 1 aromatic heterocycles. The maximum atomic E-state index is 12.4. The van der Waals surface area contributed by atoms with E-state index in [9.17, 15) is 4.79 Å². The van der Waals surface area contributed by atoms with Crippen LogP contribution in [0.5, 0.6) is 11.5 Å². The first-order valence-corrected chi connectivity index (χ1v) is 9.25. The summed E-state index contributed by atoms with van der Waals surface area (Å²) in [6.07, 6.45) is 2.72. The lowest BCUT2D eigenvalue weighted by molar-refractivity contribution is -0.130. The van der Waals surface area contributed by atoms with Gasteiger partial charge in [0.2, 0.25) is 6.10 Å². The Bertz CT molecular complexity index is 1050. The number of carbonyl (C=O) groups is 1. The highest BCUT2D eigenvalue weighted by Crippen LogP contribution is 2.36. The molecule has 2 aromatic carbocycles. The summed E-state index contributed by atoms with van der Waals surface area (Å²) in [5.41, 5.74) is 5.56. The number of nitrogens with zero attached hydrogens (tertiary/aromatic N) is 1. The van der Waals surface area contributed by atoms with Crippen molar-refractivity contribution in [1.29, 1.82) is 0 Å². The van der Waals surface area contributed by atoms with E-state index in [0.717, 1.165) is 22.0 Å². The third-order valence-electron chi connectivity index (χ3n) is 4.76. The number of carbonyl (C=O) groups excluding carboxylic acids is 1. The Labute approximate surface area is 163 Å². The minimum atomic E-state index is -0.747. The summed E-state index contributed by atoms with van der Waals surface area (Å²) < 4.78 is 11.6. The molecule has 0 saturated carbocycles. The van der Waals surface area contributed by atoms with Crippen molar-refractivity contribution in [3.8, 4) is 11.5 Å². The van der Waals surface area contributed by atoms with E-state index in [1.807, 2.05) is 48.7 Å². The maximum absolute atomic E-state index is 12.4. The maximum Gasteiger partial charge on any atom is 0.284 e. The Morgan fingerprint density at radius 2 is 2.04 bits per heavy atom. The number of aromatic nitrogens is 1. The monoisotopic (exact) mass is 377 g/mol. The van der Waals surface area contributed by atoms with Gasteiger partial charge in [-0.1, -0.05) is 45.0 Å². The van der Waals surface area contributed by atoms with Gasteiger partial charge in [0.05, 0.1) is 6.21 Å². The SMILES string of the molecule is CC(C)(C)c1ccc2c(c1)O[C@@H](C(=O)N/N=C\c1c[nH]c3ccccc13)CO2. The number of hydrazone groups is 1. The number of H-pyrrole nitrogens is 1. The second kappa shape index (κ2) is 7.03. The van der Waals surface area contributed by atoms with Crippen LogP contribution in [0.1, 0.15) is 31.9 Å². The van der Waals surface area contributed by atoms with E-state index >= 15 is 0 Å². The van der Waals surface area contributed by atoms with Crippen LogP contribution in [0.2, 0.25) is 0 Å². The molecule has 4 rings (SSSR count). The highest BCUT2D eigenvalue weighted by Gasteiger charge is 2.28. The predicted molar refractivity (Wildman–Crippen MR) is 109 cm³/mol. The Hall–Kier alpha value is -3.28. The van der Waals surface area contributed by atoms with Gasteiger partial charge in [-0.3, -0.25) is 4.79 Å². The summed E-state index contributed by atoms with van der Waals surface area (Å²) >= 11 is 0. The van der Waals surface area contributed by atoms with Crippen LogP contribution in [0.25, 0.3) is 10.9 Å². The molecule has 0 spiro atoms. The fourth-order valence-electron chi connectivity index (χ4n) is 3.11. The van der Waals surface area contributed by atoms with E-state index in [2.05, 4.69) is 36.3 Å². The number of ether oxygens (including phenoxy) is 2. The molecular formula is C22H23N3O3. The number of hydrogen-bond acceptors (Lipinski definition) is 4. The Morgan fingerprint density at radius 3 is 2.86 bits per heavy atom. The molecule has 28 heavy (non-hydrogen) atoms. The van der Waals surface area contributed by atoms with Gasteiger partial charge >= 0.3 is 0 Å².